The second-order valence-electron chi connectivity index (χ2n) is 3.03. The van der Waals surface area contributed by atoms with Crippen LogP contribution in [0.25, 0.3) is 0 Å². The van der Waals surface area contributed by atoms with Crippen molar-refractivity contribution < 1.29 is 13.6 Å². The number of anilines is 1. The Balaban J connectivity index is 3.33. The number of benzene rings is 1. The number of carbonyl (C=O) groups is 1. The number of rotatable bonds is 1. The molecule has 1 aromatic rings. The van der Waals surface area contributed by atoms with Gasteiger partial charge < -0.3 is 10.6 Å². The maximum atomic E-state index is 13.2. The summed E-state index contributed by atoms with van der Waals surface area (Å²) in [5.41, 5.74) is 4.89. The highest BCUT2D eigenvalue weighted by atomic mass is 19.2. The lowest BCUT2D eigenvalue weighted by atomic mass is 10.1. The summed E-state index contributed by atoms with van der Waals surface area (Å²) < 4.78 is 26.0. The third-order valence-electron chi connectivity index (χ3n) is 1.75. The summed E-state index contributed by atoms with van der Waals surface area (Å²) in [6.45, 7) is 0. The smallest absolute Gasteiger partial charge is 0.258 e. The molecule has 0 fully saturated rings. The predicted molar refractivity (Wildman–Crippen MR) is 48.8 cm³/mol. The van der Waals surface area contributed by atoms with Crippen LogP contribution >= 0.6 is 0 Å². The van der Waals surface area contributed by atoms with E-state index in [2.05, 4.69) is 0 Å². The summed E-state index contributed by atoms with van der Waals surface area (Å²) in [5, 5.41) is 0. The summed E-state index contributed by atoms with van der Waals surface area (Å²) in [4.78, 5) is 12.5. The lowest BCUT2D eigenvalue weighted by molar-refractivity contribution is 0.0823. The second kappa shape index (κ2) is 3.61. The predicted octanol–water partition coefficient (Wildman–Crippen LogP) is 1.25. The van der Waals surface area contributed by atoms with Gasteiger partial charge in [-0.1, -0.05) is 0 Å². The highest BCUT2D eigenvalue weighted by Crippen LogP contribution is 2.19. The van der Waals surface area contributed by atoms with Crippen molar-refractivity contribution in [3.8, 4) is 0 Å². The van der Waals surface area contributed by atoms with Crippen molar-refractivity contribution >= 4 is 11.6 Å². The molecule has 0 aliphatic rings. The molecule has 3 nitrogen and oxygen atoms in total. The summed E-state index contributed by atoms with van der Waals surface area (Å²) in [7, 11) is 2.87. The van der Waals surface area contributed by atoms with E-state index in [1.807, 2.05) is 0 Å². The van der Waals surface area contributed by atoms with Gasteiger partial charge in [0.15, 0.2) is 11.6 Å². The highest BCUT2D eigenvalue weighted by molar-refractivity contribution is 5.99. The fraction of sp³-hybridized carbons (Fsp3) is 0.222. The first-order chi connectivity index (χ1) is 6.45. The largest absolute Gasteiger partial charge is 0.398 e. The summed E-state index contributed by atoms with van der Waals surface area (Å²) in [6, 6.07) is 2.05. The Hall–Kier alpha value is -1.65. The molecule has 5 heteroatoms. The van der Waals surface area contributed by atoms with Crippen LogP contribution in [-0.2, 0) is 0 Å². The van der Waals surface area contributed by atoms with Gasteiger partial charge in [-0.3, -0.25) is 4.79 Å². The van der Waals surface area contributed by atoms with Gasteiger partial charge in [-0.15, -0.1) is 0 Å². The quantitative estimate of drug-likeness (QED) is 0.693. The molecule has 0 unspecified atom stereocenters. The molecule has 0 aromatic heterocycles. The molecule has 2 N–H and O–H groups in total. The molecular formula is C9H10F2N2O. The molecule has 0 aliphatic heterocycles. The van der Waals surface area contributed by atoms with E-state index < -0.39 is 23.1 Å². The molecule has 0 saturated carbocycles. The maximum Gasteiger partial charge on any atom is 0.258 e. The fourth-order valence-electron chi connectivity index (χ4n) is 1.01. The average Bonchev–Trinajstić information content (AvgIpc) is 2.12. The van der Waals surface area contributed by atoms with Gasteiger partial charge in [0.2, 0.25) is 0 Å². The summed E-state index contributed by atoms with van der Waals surface area (Å²) in [5.74, 6) is -2.94. The van der Waals surface area contributed by atoms with Gasteiger partial charge in [0, 0.05) is 19.8 Å². The van der Waals surface area contributed by atoms with Gasteiger partial charge >= 0.3 is 0 Å². The molecule has 1 amide bonds. The molecule has 0 saturated heterocycles. The van der Waals surface area contributed by atoms with Crippen LogP contribution in [0.15, 0.2) is 12.1 Å². The third-order valence-corrected chi connectivity index (χ3v) is 1.75. The van der Waals surface area contributed by atoms with Crippen molar-refractivity contribution in [2.24, 2.45) is 0 Å². The van der Waals surface area contributed by atoms with Crippen LogP contribution in [0, 0.1) is 11.6 Å². The molecule has 0 spiro atoms. The lowest BCUT2D eigenvalue weighted by Crippen LogP contribution is -2.24. The Labute approximate surface area is 80.1 Å². The normalized spacial score (nSPS) is 10.0. The Morgan fingerprint density at radius 1 is 1.36 bits per heavy atom. The van der Waals surface area contributed by atoms with E-state index in [4.69, 9.17) is 5.73 Å². The van der Waals surface area contributed by atoms with E-state index in [-0.39, 0.29) is 5.69 Å². The van der Waals surface area contributed by atoms with E-state index in [1.165, 1.54) is 14.1 Å². The maximum absolute atomic E-state index is 13.2. The Morgan fingerprint density at radius 3 is 2.43 bits per heavy atom. The number of nitrogens with zero attached hydrogens (tertiary/aromatic N) is 1. The molecule has 0 bridgehead atoms. The third kappa shape index (κ3) is 1.66. The fourth-order valence-corrected chi connectivity index (χ4v) is 1.01. The van der Waals surface area contributed by atoms with Crippen LogP contribution in [-0.4, -0.2) is 24.9 Å². The molecule has 0 radical (unpaired) electrons. The molecule has 14 heavy (non-hydrogen) atoms. The van der Waals surface area contributed by atoms with Crippen LogP contribution in [0.1, 0.15) is 10.4 Å². The number of halogens is 2. The molecule has 0 aliphatic carbocycles. The number of hydrogen-bond acceptors (Lipinski definition) is 2. The van der Waals surface area contributed by atoms with Gasteiger partial charge in [-0.2, -0.15) is 0 Å². The van der Waals surface area contributed by atoms with Crippen molar-refractivity contribution in [1.29, 1.82) is 0 Å². The standard InChI is InChI=1S/C9H10F2N2O/c1-13(2)9(14)7-6(12)4-3-5(10)8(7)11/h3-4H,12H2,1-2H3. The van der Waals surface area contributed by atoms with E-state index in [1.54, 1.807) is 0 Å². The SMILES string of the molecule is CN(C)C(=O)c1c(N)ccc(F)c1F. The topological polar surface area (TPSA) is 46.3 Å². The molecule has 0 heterocycles. The number of amides is 1. The molecule has 76 valence electrons. The van der Waals surface area contributed by atoms with E-state index in [0.717, 1.165) is 17.0 Å². The van der Waals surface area contributed by atoms with Crippen molar-refractivity contribution in [2.75, 3.05) is 19.8 Å². The minimum absolute atomic E-state index is 0.0670. The van der Waals surface area contributed by atoms with Crippen LogP contribution in [0.2, 0.25) is 0 Å². The number of hydrogen-bond donors (Lipinski definition) is 1. The van der Waals surface area contributed by atoms with E-state index in [9.17, 15) is 13.6 Å². The second-order valence-corrected chi connectivity index (χ2v) is 3.03. The highest BCUT2D eigenvalue weighted by Gasteiger charge is 2.20. The Bertz CT molecular complexity index is 377. The zero-order valence-electron chi connectivity index (χ0n) is 7.84. The molecule has 0 atom stereocenters. The van der Waals surface area contributed by atoms with Gasteiger partial charge in [0.05, 0.1) is 0 Å². The first-order valence-electron chi connectivity index (χ1n) is 3.90. The van der Waals surface area contributed by atoms with Crippen molar-refractivity contribution in [1.82, 2.24) is 4.90 Å². The van der Waals surface area contributed by atoms with Gasteiger partial charge in [-0.05, 0) is 12.1 Å². The molecule has 1 rings (SSSR count). The summed E-state index contributed by atoms with van der Waals surface area (Å²) >= 11 is 0. The number of nitrogen functional groups attached to an aromatic ring is 1. The van der Waals surface area contributed by atoms with Gasteiger partial charge in [0.1, 0.15) is 5.56 Å². The average molecular weight is 200 g/mol. The number of nitrogens with two attached hydrogens (primary N) is 1. The van der Waals surface area contributed by atoms with Crippen LogP contribution in [0.3, 0.4) is 0 Å². The lowest BCUT2D eigenvalue weighted by Gasteiger charge is -2.12. The Kier molecular flexibility index (Phi) is 2.69. The monoisotopic (exact) mass is 200 g/mol. The van der Waals surface area contributed by atoms with Gasteiger partial charge in [-0.25, -0.2) is 8.78 Å². The minimum atomic E-state index is -1.20. The van der Waals surface area contributed by atoms with Crippen molar-refractivity contribution in [2.45, 2.75) is 0 Å². The zero-order valence-corrected chi connectivity index (χ0v) is 7.84. The van der Waals surface area contributed by atoms with Crippen molar-refractivity contribution in [3.05, 3.63) is 29.3 Å². The number of carbonyl (C=O) groups excluding carboxylic acids is 1. The van der Waals surface area contributed by atoms with E-state index >= 15 is 0 Å². The van der Waals surface area contributed by atoms with Crippen molar-refractivity contribution in [3.63, 3.8) is 0 Å². The summed E-state index contributed by atoms with van der Waals surface area (Å²) in [6.07, 6.45) is 0. The zero-order chi connectivity index (χ0) is 10.9. The first kappa shape index (κ1) is 10.4. The van der Waals surface area contributed by atoms with Crippen LogP contribution in [0.4, 0.5) is 14.5 Å². The van der Waals surface area contributed by atoms with Crippen LogP contribution in [0.5, 0.6) is 0 Å². The Morgan fingerprint density at radius 2 is 1.93 bits per heavy atom. The van der Waals surface area contributed by atoms with E-state index in [0.29, 0.717) is 0 Å². The molecular weight excluding hydrogens is 190 g/mol. The molecule has 1 aromatic carbocycles. The van der Waals surface area contributed by atoms with Crippen LogP contribution < -0.4 is 5.73 Å². The minimum Gasteiger partial charge on any atom is -0.398 e. The first-order valence-corrected chi connectivity index (χ1v) is 3.90. The van der Waals surface area contributed by atoms with Gasteiger partial charge in [0.25, 0.3) is 5.91 Å².